The van der Waals surface area contributed by atoms with Crippen molar-refractivity contribution in [2.45, 2.75) is 19.1 Å². The number of aromatic nitrogens is 2. The standard InChI is InChI=1S/C13H13F3N2O3/c14-13(15,16)8-21-6-5-11-17-9-3-1-2-4-10(9)18(11)7-12(19)20/h1-4H,5-8H2,(H,19,20). The highest BCUT2D eigenvalue weighted by atomic mass is 19.4. The number of hydrogen-bond acceptors (Lipinski definition) is 3. The van der Waals surface area contributed by atoms with E-state index < -0.39 is 18.8 Å². The van der Waals surface area contributed by atoms with Crippen LogP contribution in [0, 0.1) is 0 Å². The quantitative estimate of drug-likeness (QED) is 0.831. The van der Waals surface area contributed by atoms with Crippen molar-refractivity contribution < 1.29 is 27.8 Å². The first kappa shape index (κ1) is 15.3. The van der Waals surface area contributed by atoms with Gasteiger partial charge in [0.25, 0.3) is 0 Å². The SMILES string of the molecule is O=C(O)Cn1c(CCOCC(F)(F)F)nc2ccccc21. The van der Waals surface area contributed by atoms with E-state index in [9.17, 15) is 18.0 Å². The zero-order valence-corrected chi connectivity index (χ0v) is 10.9. The molecule has 0 aliphatic rings. The second kappa shape index (κ2) is 6.13. The highest BCUT2D eigenvalue weighted by Gasteiger charge is 2.27. The van der Waals surface area contributed by atoms with Crippen molar-refractivity contribution in [3.05, 3.63) is 30.1 Å². The van der Waals surface area contributed by atoms with Crippen molar-refractivity contribution in [3.8, 4) is 0 Å². The molecule has 1 aromatic heterocycles. The first-order valence-corrected chi connectivity index (χ1v) is 6.17. The molecule has 0 unspecified atom stereocenters. The largest absolute Gasteiger partial charge is 0.480 e. The summed E-state index contributed by atoms with van der Waals surface area (Å²) in [7, 11) is 0. The van der Waals surface area contributed by atoms with Gasteiger partial charge in [-0.3, -0.25) is 4.79 Å². The summed E-state index contributed by atoms with van der Waals surface area (Å²) >= 11 is 0. The molecule has 1 N–H and O–H groups in total. The van der Waals surface area contributed by atoms with Crippen LogP contribution < -0.4 is 0 Å². The average molecular weight is 302 g/mol. The number of carboxylic acid groups (broad SMARTS) is 1. The topological polar surface area (TPSA) is 64.3 Å². The number of fused-ring (bicyclic) bond motifs is 1. The molecule has 0 saturated heterocycles. The minimum atomic E-state index is -4.37. The van der Waals surface area contributed by atoms with E-state index in [1.165, 1.54) is 4.57 Å². The Morgan fingerprint density at radius 3 is 2.71 bits per heavy atom. The van der Waals surface area contributed by atoms with Crippen LogP contribution in [0.2, 0.25) is 0 Å². The molecule has 2 aromatic rings. The Labute approximate surface area is 118 Å². The molecule has 0 fully saturated rings. The Morgan fingerprint density at radius 1 is 1.33 bits per heavy atom. The van der Waals surface area contributed by atoms with Crippen LogP contribution in [0.5, 0.6) is 0 Å². The van der Waals surface area contributed by atoms with Crippen LogP contribution in [0.4, 0.5) is 13.2 Å². The molecule has 2 rings (SSSR count). The Hall–Kier alpha value is -2.09. The van der Waals surface area contributed by atoms with Crippen LogP contribution in [0.1, 0.15) is 5.82 Å². The van der Waals surface area contributed by atoms with Gasteiger partial charge in [-0.25, -0.2) is 4.98 Å². The van der Waals surface area contributed by atoms with Gasteiger partial charge in [-0.15, -0.1) is 0 Å². The number of ether oxygens (including phenoxy) is 1. The summed E-state index contributed by atoms with van der Waals surface area (Å²) in [5.74, 6) is -0.656. The highest BCUT2D eigenvalue weighted by Crippen LogP contribution is 2.17. The van der Waals surface area contributed by atoms with E-state index in [1.807, 2.05) is 0 Å². The molecule has 0 radical (unpaired) electrons. The first-order valence-electron chi connectivity index (χ1n) is 6.17. The molecule has 0 aliphatic carbocycles. The number of imidazole rings is 1. The Bertz CT molecular complexity index is 637. The molecular weight excluding hydrogens is 289 g/mol. The smallest absolute Gasteiger partial charge is 0.411 e. The van der Waals surface area contributed by atoms with Gasteiger partial charge in [0, 0.05) is 6.42 Å². The van der Waals surface area contributed by atoms with Crippen LogP contribution in [0.25, 0.3) is 11.0 Å². The molecule has 1 aromatic carbocycles. The molecule has 0 aliphatic heterocycles. The number of alkyl halides is 3. The maximum absolute atomic E-state index is 12.0. The molecule has 0 atom stereocenters. The number of para-hydroxylation sites is 2. The van der Waals surface area contributed by atoms with E-state index in [1.54, 1.807) is 24.3 Å². The molecule has 0 amide bonds. The van der Waals surface area contributed by atoms with Gasteiger partial charge in [-0.1, -0.05) is 12.1 Å². The Morgan fingerprint density at radius 2 is 2.05 bits per heavy atom. The number of halogens is 3. The third kappa shape index (κ3) is 4.19. The summed E-state index contributed by atoms with van der Waals surface area (Å²) in [5, 5.41) is 8.92. The van der Waals surface area contributed by atoms with E-state index in [0.29, 0.717) is 16.9 Å². The van der Waals surface area contributed by atoms with Gasteiger partial charge >= 0.3 is 12.1 Å². The minimum Gasteiger partial charge on any atom is -0.480 e. The number of nitrogens with zero attached hydrogens (tertiary/aromatic N) is 2. The molecule has 114 valence electrons. The maximum Gasteiger partial charge on any atom is 0.411 e. The second-order valence-electron chi connectivity index (χ2n) is 4.41. The van der Waals surface area contributed by atoms with E-state index in [0.717, 1.165) is 0 Å². The zero-order chi connectivity index (χ0) is 15.5. The van der Waals surface area contributed by atoms with Crippen LogP contribution in [0.3, 0.4) is 0 Å². The predicted octanol–water partition coefficient (Wildman–Crippen LogP) is 2.24. The molecule has 0 saturated carbocycles. The van der Waals surface area contributed by atoms with Crippen molar-refractivity contribution in [2.75, 3.05) is 13.2 Å². The van der Waals surface area contributed by atoms with E-state index >= 15 is 0 Å². The van der Waals surface area contributed by atoms with E-state index in [2.05, 4.69) is 9.72 Å². The van der Waals surface area contributed by atoms with Crippen molar-refractivity contribution in [3.63, 3.8) is 0 Å². The summed E-state index contributed by atoms with van der Waals surface area (Å²) in [6, 6.07) is 6.93. The first-order chi connectivity index (χ1) is 9.87. The molecule has 5 nitrogen and oxygen atoms in total. The second-order valence-corrected chi connectivity index (χ2v) is 4.41. The third-order valence-corrected chi connectivity index (χ3v) is 2.76. The molecular formula is C13H13F3N2O3. The molecule has 1 heterocycles. The lowest BCUT2D eigenvalue weighted by molar-refractivity contribution is -0.173. The number of benzene rings is 1. The molecule has 21 heavy (non-hydrogen) atoms. The van der Waals surface area contributed by atoms with Crippen molar-refractivity contribution in [1.29, 1.82) is 0 Å². The number of carbonyl (C=O) groups is 1. The van der Waals surface area contributed by atoms with Crippen molar-refractivity contribution in [1.82, 2.24) is 9.55 Å². The summed E-state index contributed by atoms with van der Waals surface area (Å²) in [6.07, 6.45) is -4.26. The van der Waals surface area contributed by atoms with Gasteiger partial charge in [0.2, 0.25) is 0 Å². The van der Waals surface area contributed by atoms with Crippen LogP contribution >= 0.6 is 0 Å². The molecule has 8 heteroatoms. The molecule has 0 bridgehead atoms. The van der Waals surface area contributed by atoms with Crippen molar-refractivity contribution in [2.24, 2.45) is 0 Å². The maximum atomic E-state index is 12.0. The third-order valence-electron chi connectivity index (χ3n) is 2.76. The fraction of sp³-hybridized carbons (Fsp3) is 0.385. The van der Waals surface area contributed by atoms with E-state index in [4.69, 9.17) is 5.11 Å². The van der Waals surface area contributed by atoms with Crippen LogP contribution in [-0.4, -0.2) is 40.0 Å². The number of hydrogen-bond donors (Lipinski definition) is 1. The summed E-state index contributed by atoms with van der Waals surface area (Å²) in [4.78, 5) is 15.1. The van der Waals surface area contributed by atoms with Gasteiger partial charge < -0.3 is 14.4 Å². The fourth-order valence-electron chi connectivity index (χ4n) is 1.98. The van der Waals surface area contributed by atoms with Gasteiger partial charge in [-0.05, 0) is 12.1 Å². The Balaban J connectivity index is 2.12. The summed E-state index contributed by atoms with van der Waals surface area (Å²) < 4.78 is 41.9. The lowest BCUT2D eigenvalue weighted by Gasteiger charge is -2.08. The Kier molecular flexibility index (Phi) is 4.46. The van der Waals surface area contributed by atoms with E-state index in [-0.39, 0.29) is 19.6 Å². The van der Waals surface area contributed by atoms with Gasteiger partial charge in [0.05, 0.1) is 17.6 Å². The summed E-state index contributed by atoms with van der Waals surface area (Å²) in [6.45, 7) is -1.80. The van der Waals surface area contributed by atoms with Gasteiger partial charge in [0.1, 0.15) is 19.0 Å². The van der Waals surface area contributed by atoms with Crippen LogP contribution in [0.15, 0.2) is 24.3 Å². The molecule has 0 spiro atoms. The highest BCUT2D eigenvalue weighted by molar-refractivity contribution is 5.78. The van der Waals surface area contributed by atoms with Crippen LogP contribution in [-0.2, 0) is 22.5 Å². The average Bonchev–Trinajstić information content (AvgIpc) is 2.71. The van der Waals surface area contributed by atoms with Gasteiger partial charge in [0.15, 0.2) is 0 Å². The zero-order valence-electron chi connectivity index (χ0n) is 10.9. The monoisotopic (exact) mass is 302 g/mol. The predicted molar refractivity (Wildman–Crippen MR) is 67.9 cm³/mol. The lowest BCUT2D eigenvalue weighted by Crippen LogP contribution is -2.19. The minimum absolute atomic E-state index is 0.109. The van der Waals surface area contributed by atoms with Crippen molar-refractivity contribution >= 4 is 17.0 Å². The summed E-state index contributed by atoms with van der Waals surface area (Å²) in [5.41, 5.74) is 1.23. The number of rotatable bonds is 6. The van der Waals surface area contributed by atoms with Gasteiger partial charge in [-0.2, -0.15) is 13.2 Å². The number of aliphatic carboxylic acids is 1. The lowest BCUT2D eigenvalue weighted by atomic mass is 10.3. The number of carboxylic acids is 1. The fourth-order valence-corrected chi connectivity index (χ4v) is 1.98. The normalized spacial score (nSPS) is 12.0.